The SMILES string of the molecule is CCCCC/C=C\CCCCCCCC(=O)OCC(COC(=O)CCCCCCCCCCCCCCCCCCCCCCCCCCC)OC(=O)CCCCCCCCCCCCCCCC. The van der Waals surface area contributed by atoms with Crippen LogP contribution in [0.15, 0.2) is 12.2 Å². The third-order valence-electron chi connectivity index (χ3n) is 14.3. The molecule has 1 atom stereocenters. The number of ether oxygens (including phenoxy) is 3. The lowest BCUT2D eigenvalue weighted by Crippen LogP contribution is -2.30. The van der Waals surface area contributed by atoms with Crippen LogP contribution in [0.3, 0.4) is 0 Å². The van der Waals surface area contributed by atoms with Gasteiger partial charge in [-0.25, -0.2) is 0 Å². The molecule has 0 aliphatic heterocycles. The third kappa shape index (κ3) is 56.9. The molecule has 1 unspecified atom stereocenters. The Hall–Kier alpha value is -1.85. The Morgan fingerprint density at radius 2 is 0.478 bits per heavy atom. The molecule has 0 spiro atoms. The number of unbranched alkanes of at least 4 members (excludes halogenated alkanes) is 45. The smallest absolute Gasteiger partial charge is 0.306 e. The summed E-state index contributed by atoms with van der Waals surface area (Å²) in [5.74, 6) is -0.850. The highest BCUT2D eigenvalue weighted by atomic mass is 16.6. The van der Waals surface area contributed by atoms with E-state index in [0.717, 1.165) is 64.2 Å². The Morgan fingerprint density at radius 1 is 0.275 bits per heavy atom. The zero-order valence-electron chi connectivity index (χ0n) is 46.9. The van der Waals surface area contributed by atoms with Crippen LogP contribution in [0.4, 0.5) is 0 Å². The van der Waals surface area contributed by atoms with E-state index >= 15 is 0 Å². The summed E-state index contributed by atoms with van der Waals surface area (Å²) in [6.07, 6.45) is 68.0. The summed E-state index contributed by atoms with van der Waals surface area (Å²) < 4.78 is 16.9. The molecule has 0 rings (SSSR count). The van der Waals surface area contributed by atoms with E-state index in [1.165, 1.54) is 250 Å². The highest BCUT2D eigenvalue weighted by Crippen LogP contribution is 2.18. The van der Waals surface area contributed by atoms with Crippen molar-refractivity contribution in [1.29, 1.82) is 0 Å². The van der Waals surface area contributed by atoms with E-state index in [0.29, 0.717) is 19.3 Å². The second-order valence-corrected chi connectivity index (χ2v) is 21.3. The van der Waals surface area contributed by atoms with Gasteiger partial charge in [-0.15, -0.1) is 0 Å². The molecule has 0 aromatic rings. The molecule has 6 heteroatoms. The molecule has 0 radical (unpaired) electrons. The molecule has 0 bridgehead atoms. The van der Waals surface area contributed by atoms with Crippen LogP contribution < -0.4 is 0 Å². The first kappa shape index (κ1) is 67.1. The Balaban J connectivity index is 4.16. The van der Waals surface area contributed by atoms with Crippen molar-refractivity contribution in [3.8, 4) is 0 Å². The van der Waals surface area contributed by atoms with E-state index < -0.39 is 6.10 Å². The van der Waals surface area contributed by atoms with Crippen molar-refractivity contribution in [2.75, 3.05) is 13.2 Å². The summed E-state index contributed by atoms with van der Waals surface area (Å²) in [7, 11) is 0. The molecule has 0 aromatic heterocycles. The lowest BCUT2D eigenvalue weighted by atomic mass is 10.0. The number of allylic oxidation sites excluding steroid dienone is 2. The third-order valence-corrected chi connectivity index (χ3v) is 14.3. The van der Waals surface area contributed by atoms with Gasteiger partial charge in [0, 0.05) is 19.3 Å². The fourth-order valence-corrected chi connectivity index (χ4v) is 9.56. The van der Waals surface area contributed by atoms with Gasteiger partial charge in [0.2, 0.25) is 0 Å². The standard InChI is InChI=1S/C63H120O6/c1-4-7-10-13-16-19-22-25-27-28-29-30-31-32-33-34-35-36-37-39-41-44-47-50-53-56-62(65)68-59-60(58-67-61(64)55-52-49-46-43-40-24-21-18-15-12-9-6-3)69-63(66)57-54-51-48-45-42-38-26-23-20-17-14-11-8-5-2/h18,21,60H,4-17,19-20,22-59H2,1-3H3/b21-18-. The van der Waals surface area contributed by atoms with Gasteiger partial charge in [-0.2, -0.15) is 0 Å². The van der Waals surface area contributed by atoms with Gasteiger partial charge in [0.1, 0.15) is 13.2 Å². The molecule has 0 saturated carbocycles. The summed E-state index contributed by atoms with van der Waals surface area (Å²) in [5.41, 5.74) is 0. The Labute approximate surface area is 431 Å². The summed E-state index contributed by atoms with van der Waals surface area (Å²) in [6, 6.07) is 0. The van der Waals surface area contributed by atoms with Crippen LogP contribution in [0.1, 0.15) is 355 Å². The molecule has 0 amide bonds. The average molecular weight is 974 g/mol. The zero-order valence-corrected chi connectivity index (χ0v) is 46.9. The van der Waals surface area contributed by atoms with Crippen LogP contribution in [-0.2, 0) is 28.6 Å². The molecule has 0 aliphatic rings. The van der Waals surface area contributed by atoms with Crippen LogP contribution in [-0.4, -0.2) is 37.2 Å². The van der Waals surface area contributed by atoms with Gasteiger partial charge in [-0.3, -0.25) is 14.4 Å². The van der Waals surface area contributed by atoms with Gasteiger partial charge in [-0.05, 0) is 44.9 Å². The van der Waals surface area contributed by atoms with E-state index in [9.17, 15) is 14.4 Å². The van der Waals surface area contributed by atoms with Crippen molar-refractivity contribution in [2.24, 2.45) is 0 Å². The average Bonchev–Trinajstić information content (AvgIpc) is 3.35. The van der Waals surface area contributed by atoms with Crippen molar-refractivity contribution in [2.45, 2.75) is 361 Å². The van der Waals surface area contributed by atoms with Gasteiger partial charge in [-0.1, -0.05) is 303 Å². The predicted molar refractivity (Wildman–Crippen MR) is 298 cm³/mol. The quantitative estimate of drug-likeness (QED) is 0.0261. The molecule has 0 aliphatic carbocycles. The number of hydrogen-bond donors (Lipinski definition) is 0. The molecule has 0 saturated heterocycles. The second kappa shape index (κ2) is 58.7. The van der Waals surface area contributed by atoms with Crippen molar-refractivity contribution >= 4 is 17.9 Å². The van der Waals surface area contributed by atoms with Crippen molar-refractivity contribution < 1.29 is 28.6 Å². The number of rotatable bonds is 58. The van der Waals surface area contributed by atoms with Crippen LogP contribution in [0, 0.1) is 0 Å². The first-order valence-electron chi connectivity index (χ1n) is 31.2. The van der Waals surface area contributed by atoms with Crippen LogP contribution in [0.2, 0.25) is 0 Å². The molecular formula is C63H120O6. The van der Waals surface area contributed by atoms with Crippen LogP contribution in [0.5, 0.6) is 0 Å². The van der Waals surface area contributed by atoms with Gasteiger partial charge in [0.15, 0.2) is 6.10 Å². The molecule has 0 heterocycles. The molecule has 408 valence electrons. The predicted octanol–water partition coefficient (Wildman–Crippen LogP) is 20.9. The van der Waals surface area contributed by atoms with Crippen molar-refractivity contribution in [3.05, 3.63) is 12.2 Å². The maximum Gasteiger partial charge on any atom is 0.306 e. The lowest BCUT2D eigenvalue weighted by Gasteiger charge is -2.18. The van der Waals surface area contributed by atoms with Gasteiger partial charge in [0.25, 0.3) is 0 Å². The molecule has 69 heavy (non-hydrogen) atoms. The second-order valence-electron chi connectivity index (χ2n) is 21.3. The van der Waals surface area contributed by atoms with E-state index in [1.807, 2.05) is 0 Å². The largest absolute Gasteiger partial charge is 0.462 e. The lowest BCUT2D eigenvalue weighted by molar-refractivity contribution is -0.167. The van der Waals surface area contributed by atoms with E-state index in [4.69, 9.17) is 14.2 Å². The van der Waals surface area contributed by atoms with Crippen LogP contribution >= 0.6 is 0 Å². The van der Waals surface area contributed by atoms with Gasteiger partial charge >= 0.3 is 17.9 Å². The minimum atomic E-state index is -0.767. The topological polar surface area (TPSA) is 78.9 Å². The maximum atomic E-state index is 12.8. The molecule has 0 N–H and O–H groups in total. The summed E-state index contributed by atoms with van der Waals surface area (Å²) in [6.45, 7) is 6.67. The normalized spacial score (nSPS) is 12.0. The summed E-state index contributed by atoms with van der Waals surface area (Å²) >= 11 is 0. The molecule has 6 nitrogen and oxygen atoms in total. The minimum Gasteiger partial charge on any atom is -0.462 e. The highest BCUT2D eigenvalue weighted by molar-refractivity contribution is 5.71. The summed E-state index contributed by atoms with van der Waals surface area (Å²) in [5, 5.41) is 0. The van der Waals surface area contributed by atoms with E-state index in [2.05, 4.69) is 32.9 Å². The fourth-order valence-electron chi connectivity index (χ4n) is 9.56. The number of hydrogen-bond acceptors (Lipinski definition) is 6. The number of carbonyl (C=O) groups is 3. The summed E-state index contributed by atoms with van der Waals surface area (Å²) in [4.78, 5) is 38.2. The van der Waals surface area contributed by atoms with Crippen LogP contribution in [0.25, 0.3) is 0 Å². The monoisotopic (exact) mass is 973 g/mol. The fraction of sp³-hybridized carbons (Fsp3) is 0.921. The minimum absolute atomic E-state index is 0.0664. The van der Waals surface area contributed by atoms with Crippen molar-refractivity contribution in [3.63, 3.8) is 0 Å². The van der Waals surface area contributed by atoms with E-state index in [-0.39, 0.29) is 31.1 Å². The highest BCUT2D eigenvalue weighted by Gasteiger charge is 2.19. The van der Waals surface area contributed by atoms with Crippen molar-refractivity contribution in [1.82, 2.24) is 0 Å². The number of carbonyl (C=O) groups excluding carboxylic acids is 3. The number of esters is 3. The maximum absolute atomic E-state index is 12.8. The Morgan fingerprint density at radius 3 is 0.754 bits per heavy atom. The Kier molecular flexibility index (Phi) is 57.1. The molecule has 0 fully saturated rings. The Bertz CT molecular complexity index is 1070. The van der Waals surface area contributed by atoms with Gasteiger partial charge < -0.3 is 14.2 Å². The van der Waals surface area contributed by atoms with Gasteiger partial charge in [0.05, 0.1) is 0 Å². The first-order valence-corrected chi connectivity index (χ1v) is 31.2. The zero-order chi connectivity index (χ0) is 50.0. The van der Waals surface area contributed by atoms with E-state index in [1.54, 1.807) is 0 Å². The first-order chi connectivity index (χ1) is 34.0. The molecular weight excluding hydrogens is 853 g/mol. The molecule has 0 aromatic carbocycles.